The first-order valence-electron chi connectivity index (χ1n) is 27.7. The standard InChI is InChI=1S/C43H58N4O12.C16H20FN3O3S/c1-21-12-11-13-22(2)42(55)45-33-28(20-44-47-17-15-46(9)16-18-47)37(52)30-31(38(33)53)36(51)26(6)40-32(30)41(54)43(8,59-40)57-19-14-29(56-10)23(3)39(58-27(7)48)25(5)35(50)24(4)34(21)49;1-11(21)18-9-13-10-20(16(22)23-13)12-2-3-15(14(17)8-12)19-4-6-24-7-5-19/h11-14,19-21,23-25,29,34-35,39,49-53H,15-18H2,1-10H3,(H,45,55);2-3,8,13H,4-7,9-10H2,1H3,(H,18,21)/b12-11+,19-14+,22-13-,44-20-;/t21-,23-,24-,25-,29+,34+,35+,39-,43+;13-/m10/s1. The smallest absolute Gasteiger partial charge is 0.414 e. The van der Waals surface area contributed by atoms with Crippen LogP contribution >= 0.6 is 11.8 Å². The number of phenols is 3. The molecule has 3 saturated heterocycles. The van der Waals surface area contributed by atoms with Gasteiger partial charge in [0.05, 0.1) is 77.5 Å². The van der Waals surface area contributed by atoms with Crippen LogP contribution in [0, 0.1) is 36.4 Å². The Morgan fingerprint density at radius 3 is 2.25 bits per heavy atom. The molecule has 0 aromatic heterocycles. The normalized spacial score (nSPS) is 28.8. The number of Topliss-reactive ketones (excluding diaryl/α,β-unsaturated/α-hetero) is 1. The number of benzene rings is 3. The highest BCUT2D eigenvalue weighted by atomic mass is 32.2. The minimum absolute atomic E-state index is 0.0559. The molecule has 0 unspecified atom stereocenters. The number of phenolic OH excluding ortho intramolecular Hbond substituents is 3. The van der Waals surface area contributed by atoms with E-state index in [4.69, 9.17) is 23.7 Å². The van der Waals surface area contributed by atoms with Crippen LogP contribution in [0.5, 0.6) is 23.0 Å². The molecule has 6 aliphatic heterocycles. The highest BCUT2D eigenvalue weighted by Gasteiger charge is 2.50. The third-order valence-corrected chi connectivity index (χ3v) is 16.9. The SMILES string of the molecule is CC(=O)NC[C@H]1CN(c2ccc(N3CCSCC3)c(F)c2)C(=O)O1.CO[C@H]1/C=C/O[C@@]2(C)Oc3c(C)c(O)c4c(O)c(c(/C=N\N5CCN(C)CC5)c(O)c4c3C2=O)NC(=O)/C(C)=C\C=C\[C@@H](C)[C@H](O)[C@@H](C)[C@H](O)[C@@H](C)[C@H](OC(C)=O)[C@@H]1C. The molecule has 7 N–H and O–H groups in total. The topological polar surface area (TPSA) is 282 Å². The lowest BCUT2D eigenvalue weighted by Crippen LogP contribution is -2.46. The van der Waals surface area contributed by atoms with E-state index in [1.165, 1.54) is 77.3 Å². The Morgan fingerprint density at radius 2 is 1.61 bits per heavy atom. The minimum Gasteiger partial charge on any atom is -0.507 e. The number of methoxy groups -OCH3 is 1. The maximum atomic E-state index is 14.5. The number of cyclic esters (lactones) is 1. The number of halogens is 1. The first-order chi connectivity index (χ1) is 39.3. The van der Waals surface area contributed by atoms with Gasteiger partial charge in [-0.3, -0.25) is 29.1 Å². The van der Waals surface area contributed by atoms with Crippen LogP contribution < -0.4 is 25.2 Å². The Labute approximate surface area is 486 Å². The molecule has 0 radical (unpaired) electrons. The Kier molecular flexibility index (Phi) is 20.7. The average molecular weight is 1180 g/mol. The summed E-state index contributed by atoms with van der Waals surface area (Å²) in [7, 11) is 3.42. The van der Waals surface area contributed by atoms with Crippen molar-refractivity contribution in [1.82, 2.24) is 15.2 Å². The zero-order valence-corrected chi connectivity index (χ0v) is 49.6. The van der Waals surface area contributed by atoms with E-state index < -0.39 is 101 Å². The lowest BCUT2D eigenvalue weighted by atomic mass is 9.78. The van der Waals surface area contributed by atoms with Gasteiger partial charge in [-0.1, -0.05) is 45.9 Å². The molecule has 3 aromatic rings. The van der Waals surface area contributed by atoms with Crippen molar-refractivity contribution in [2.75, 3.05) is 93.1 Å². The maximum Gasteiger partial charge on any atom is 0.414 e. The number of aromatic hydroxyl groups is 3. The number of nitrogens with one attached hydrogen (secondary N) is 2. The van der Waals surface area contributed by atoms with Crippen molar-refractivity contribution in [2.45, 2.75) is 98.6 Å². The number of fused-ring (bicyclic) bond motifs is 14. The molecule has 22 nitrogen and oxygen atoms in total. The summed E-state index contributed by atoms with van der Waals surface area (Å²) in [5.41, 5.74) is 0.691. The van der Waals surface area contributed by atoms with Crippen LogP contribution in [0.15, 0.2) is 59.4 Å². The molecular weight excluding hydrogens is 1100 g/mol. The van der Waals surface area contributed by atoms with Crippen LogP contribution in [0.3, 0.4) is 0 Å². The number of ether oxygens (including phenoxy) is 5. The number of aliphatic hydroxyl groups is 2. The van der Waals surface area contributed by atoms with Gasteiger partial charge in [0.1, 0.15) is 35.3 Å². The second-order valence-electron chi connectivity index (χ2n) is 21.9. The number of carbonyl (C=O) groups excluding carboxylic acids is 5. The number of allylic oxidation sites excluding steroid dienone is 2. The fourth-order valence-electron chi connectivity index (χ4n) is 10.7. The van der Waals surface area contributed by atoms with Crippen LogP contribution in [-0.4, -0.2) is 186 Å². The molecule has 5 bridgehead atoms. The molecule has 0 aliphatic carbocycles. The molecule has 6 aliphatic rings. The molecule has 0 saturated carbocycles. The highest BCUT2D eigenvalue weighted by molar-refractivity contribution is 7.99. The van der Waals surface area contributed by atoms with Crippen molar-refractivity contribution < 1.29 is 77.6 Å². The summed E-state index contributed by atoms with van der Waals surface area (Å²) in [6.07, 6.45) is 3.91. The van der Waals surface area contributed by atoms with Crippen molar-refractivity contribution in [1.29, 1.82) is 0 Å². The lowest BCUT2D eigenvalue weighted by molar-refractivity contribution is -0.160. The number of aliphatic hydroxyl groups excluding tert-OH is 2. The zero-order valence-electron chi connectivity index (χ0n) is 48.8. The van der Waals surface area contributed by atoms with Crippen LogP contribution in [0.25, 0.3) is 10.8 Å². The van der Waals surface area contributed by atoms with Crippen LogP contribution in [0.2, 0.25) is 0 Å². The number of hydrogen-bond acceptors (Lipinski definition) is 20. The first-order valence-corrected chi connectivity index (χ1v) is 28.8. The minimum atomic E-state index is -2.04. The predicted octanol–water partition coefficient (Wildman–Crippen LogP) is 6.18. The van der Waals surface area contributed by atoms with Gasteiger partial charge in [0, 0.05) is 119 Å². The fourth-order valence-corrected chi connectivity index (χ4v) is 11.6. The maximum absolute atomic E-state index is 14.5. The second kappa shape index (κ2) is 27.1. The van der Waals surface area contributed by atoms with Gasteiger partial charge in [0.25, 0.3) is 11.7 Å². The molecule has 3 aromatic carbocycles. The molecule has 3 fully saturated rings. The van der Waals surface area contributed by atoms with Gasteiger partial charge in [-0.05, 0) is 45.2 Å². The number of hydrogen-bond donors (Lipinski definition) is 7. The van der Waals surface area contributed by atoms with Gasteiger partial charge in [-0.2, -0.15) is 16.9 Å². The van der Waals surface area contributed by atoms with Crippen molar-refractivity contribution in [3.8, 4) is 23.0 Å². The van der Waals surface area contributed by atoms with Gasteiger partial charge in [0.2, 0.25) is 5.91 Å². The molecule has 3 amide bonds. The number of hydrazone groups is 1. The third kappa shape index (κ3) is 14.1. The Bertz CT molecular complexity index is 3050. The Hall–Kier alpha value is -7.12. The number of esters is 1. The van der Waals surface area contributed by atoms with Crippen LogP contribution in [0.4, 0.5) is 26.2 Å². The molecule has 9 rings (SSSR count). The van der Waals surface area contributed by atoms with Gasteiger partial charge in [-0.25, -0.2) is 9.18 Å². The Morgan fingerprint density at radius 1 is 0.928 bits per heavy atom. The van der Waals surface area contributed by atoms with E-state index in [-0.39, 0.29) is 69.3 Å². The number of anilines is 3. The molecule has 452 valence electrons. The highest BCUT2D eigenvalue weighted by Crippen LogP contribution is 2.55. The lowest BCUT2D eigenvalue weighted by Gasteiger charge is -2.38. The van der Waals surface area contributed by atoms with E-state index in [2.05, 4.69) is 20.6 Å². The number of carbonyl (C=O) groups is 5. The number of ketones is 1. The van der Waals surface area contributed by atoms with Crippen molar-refractivity contribution in [2.24, 2.45) is 28.8 Å². The molecular formula is C59H78FN7O15S. The summed E-state index contributed by atoms with van der Waals surface area (Å²) < 4.78 is 43.3. The number of rotatable bonds is 8. The number of amides is 3. The Balaban J connectivity index is 0.000000341. The number of likely N-dealkylation sites (N-methyl/N-ethyl adjacent to an activating group) is 1. The van der Waals surface area contributed by atoms with E-state index in [9.17, 15) is 53.9 Å². The van der Waals surface area contributed by atoms with E-state index in [1.807, 2.05) is 23.7 Å². The zero-order chi connectivity index (χ0) is 60.8. The second-order valence-corrected chi connectivity index (χ2v) is 23.1. The van der Waals surface area contributed by atoms with Crippen LogP contribution in [-0.2, 0) is 33.3 Å². The predicted molar refractivity (Wildman–Crippen MR) is 313 cm³/mol. The van der Waals surface area contributed by atoms with E-state index >= 15 is 0 Å². The molecule has 83 heavy (non-hydrogen) atoms. The van der Waals surface area contributed by atoms with Gasteiger partial charge < -0.3 is 69.7 Å². The summed E-state index contributed by atoms with van der Waals surface area (Å²) in [4.78, 5) is 69.0. The summed E-state index contributed by atoms with van der Waals surface area (Å²) in [6, 6.07) is 4.83. The largest absolute Gasteiger partial charge is 0.507 e. The first kappa shape index (κ1) is 63.5. The summed E-state index contributed by atoms with van der Waals surface area (Å²) in [6.45, 7) is 18.7. The fraction of sp³-hybridized carbons (Fsp3) is 0.525. The summed E-state index contributed by atoms with van der Waals surface area (Å²) in [5, 5.41) is 69.5. The van der Waals surface area contributed by atoms with E-state index in [1.54, 1.807) is 57.0 Å². The average Bonchev–Trinajstić information content (AvgIpc) is 1.94. The monoisotopic (exact) mass is 1180 g/mol. The van der Waals surface area contributed by atoms with Crippen LogP contribution in [0.1, 0.15) is 76.9 Å². The third-order valence-electron chi connectivity index (χ3n) is 15.9. The van der Waals surface area contributed by atoms with E-state index in [0.717, 1.165) is 37.7 Å². The van der Waals surface area contributed by atoms with Gasteiger partial charge in [0.15, 0.2) is 5.75 Å². The van der Waals surface area contributed by atoms with Gasteiger partial charge in [-0.15, -0.1) is 0 Å². The van der Waals surface area contributed by atoms with E-state index in [0.29, 0.717) is 24.5 Å². The molecule has 24 heteroatoms. The quantitative estimate of drug-likeness (QED) is 0.0574. The van der Waals surface area contributed by atoms with Gasteiger partial charge >= 0.3 is 17.8 Å². The summed E-state index contributed by atoms with van der Waals surface area (Å²) >= 11 is 1.87. The van der Waals surface area contributed by atoms with Crippen molar-refractivity contribution >= 4 is 75.5 Å². The number of nitrogens with zero attached hydrogens (tertiary/aromatic N) is 5. The molecule has 6 heterocycles. The van der Waals surface area contributed by atoms with Crippen molar-refractivity contribution in [3.05, 3.63) is 76.8 Å². The molecule has 0 spiro atoms. The summed E-state index contributed by atoms with van der Waals surface area (Å²) in [5.74, 6) is -6.88. The molecule has 10 atom stereocenters. The number of thioether (sulfide) groups is 1. The number of piperazine rings is 1. The van der Waals surface area contributed by atoms with Crippen molar-refractivity contribution in [3.63, 3.8) is 0 Å².